The molecular formula is C35H38F3N5O2S. The monoisotopic (exact) mass is 649 g/mol. The lowest BCUT2D eigenvalue weighted by molar-refractivity contribution is -0.274. The first-order chi connectivity index (χ1) is 21.9. The van der Waals surface area contributed by atoms with Crippen molar-refractivity contribution in [1.82, 2.24) is 14.8 Å². The summed E-state index contributed by atoms with van der Waals surface area (Å²) in [6, 6.07) is 18.1. The number of aliphatic imine (C=N–C) groups is 1. The van der Waals surface area contributed by atoms with Gasteiger partial charge in [-0.2, -0.15) is 4.99 Å². The number of hydrogen-bond acceptors (Lipinski definition) is 5. The van der Waals surface area contributed by atoms with Gasteiger partial charge < -0.3 is 9.64 Å². The van der Waals surface area contributed by atoms with E-state index in [9.17, 15) is 18.0 Å². The zero-order chi connectivity index (χ0) is 33.0. The van der Waals surface area contributed by atoms with E-state index in [0.29, 0.717) is 17.9 Å². The Morgan fingerprint density at radius 1 is 1.07 bits per heavy atom. The minimum absolute atomic E-state index is 0.0873. The predicted molar refractivity (Wildman–Crippen MR) is 178 cm³/mol. The maximum absolute atomic E-state index is 13.0. The van der Waals surface area contributed by atoms with E-state index in [-0.39, 0.29) is 23.6 Å². The number of aromatic nitrogens is 3. The van der Waals surface area contributed by atoms with Crippen molar-refractivity contribution in [2.75, 3.05) is 10.7 Å². The molecule has 0 bridgehead atoms. The Kier molecular flexibility index (Phi) is 10.2. The summed E-state index contributed by atoms with van der Waals surface area (Å²) >= 11 is 1.66. The molecule has 7 nitrogen and oxygen atoms in total. The van der Waals surface area contributed by atoms with Crippen LogP contribution in [0.3, 0.4) is 0 Å². The molecule has 5 rings (SSSR count). The van der Waals surface area contributed by atoms with Gasteiger partial charge in [-0.05, 0) is 93.8 Å². The molecule has 1 aliphatic rings. The topological polar surface area (TPSA) is 72.6 Å². The first-order valence-electron chi connectivity index (χ1n) is 15.4. The lowest BCUT2D eigenvalue weighted by Gasteiger charge is -2.37. The van der Waals surface area contributed by atoms with Gasteiger partial charge in [0.25, 0.3) is 0 Å². The zero-order valence-corrected chi connectivity index (χ0v) is 27.5. The molecule has 2 atom stereocenters. The van der Waals surface area contributed by atoms with Crippen LogP contribution in [0.15, 0.2) is 72.0 Å². The number of benzene rings is 3. The molecule has 1 aromatic heterocycles. The second-order valence-corrected chi connectivity index (χ2v) is 12.9. The van der Waals surface area contributed by atoms with Crippen LogP contribution in [0.1, 0.15) is 67.7 Å². The Balaban J connectivity index is 1.17. The van der Waals surface area contributed by atoms with Gasteiger partial charge in [-0.25, -0.2) is 9.67 Å². The van der Waals surface area contributed by atoms with E-state index in [0.717, 1.165) is 47.0 Å². The molecular weight excluding hydrogens is 611 g/mol. The van der Waals surface area contributed by atoms with Crippen molar-refractivity contribution >= 4 is 28.5 Å². The van der Waals surface area contributed by atoms with Crippen LogP contribution in [-0.4, -0.2) is 44.0 Å². The number of alkyl halides is 3. The number of amides is 1. The molecule has 2 unspecified atom stereocenters. The normalized spacial score (nSPS) is 16.9. The molecule has 46 heavy (non-hydrogen) atoms. The maximum atomic E-state index is 13.0. The second-order valence-electron chi connectivity index (χ2n) is 11.9. The van der Waals surface area contributed by atoms with Crippen LogP contribution in [0.4, 0.5) is 18.9 Å². The van der Waals surface area contributed by atoms with Crippen molar-refractivity contribution in [2.24, 2.45) is 4.99 Å². The Labute approximate surface area is 271 Å². The smallest absolute Gasteiger partial charge is 0.406 e. The van der Waals surface area contributed by atoms with Crippen molar-refractivity contribution in [2.45, 2.75) is 78.6 Å². The number of ether oxygens (including phenoxy) is 1. The highest BCUT2D eigenvalue weighted by atomic mass is 32.2. The molecule has 0 saturated carbocycles. The van der Waals surface area contributed by atoms with Crippen LogP contribution in [0.2, 0.25) is 0 Å². The third-order valence-electron chi connectivity index (χ3n) is 8.10. The Morgan fingerprint density at radius 3 is 2.39 bits per heavy atom. The minimum Gasteiger partial charge on any atom is -0.406 e. The highest BCUT2D eigenvalue weighted by molar-refractivity contribution is 8.14. The number of anilines is 1. The SMILES string of the molecule is Cc1cc(C)c(N2C(=NC(=O)CCCC(C)c3ccc(-c4ncn(-c5ccc(OC(F)(F)F)cc5)n4)cc3)SCCC2C)c(C)c1. The molecule has 1 saturated heterocycles. The van der Waals surface area contributed by atoms with Crippen LogP contribution in [0.5, 0.6) is 5.75 Å². The fourth-order valence-corrected chi connectivity index (χ4v) is 7.05. The van der Waals surface area contributed by atoms with Crippen molar-refractivity contribution in [3.8, 4) is 22.8 Å². The molecule has 0 radical (unpaired) electrons. The molecule has 1 fully saturated rings. The van der Waals surface area contributed by atoms with Crippen LogP contribution >= 0.6 is 11.8 Å². The summed E-state index contributed by atoms with van der Waals surface area (Å²) in [5, 5.41) is 5.27. The van der Waals surface area contributed by atoms with Gasteiger partial charge in [0.2, 0.25) is 5.91 Å². The molecule has 4 aromatic rings. The number of thioether (sulfide) groups is 1. The largest absolute Gasteiger partial charge is 0.573 e. The first-order valence-corrected chi connectivity index (χ1v) is 16.4. The quantitative estimate of drug-likeness (QED) is 0.180. The van der Waals surface area contributed by atoms with Gasteiger partial charge in [0, 0.05) is 29.5 Å². The fraction of sp³-hybridized carbons (Fsp3) is 0.371. The lowest BCUT2D eigenvalue weighted by Crippen LogP contribution is -2.42. The van der Waals surface area contributed by atoms with Gasteiger partial charge in [-0.15, -0.1) is 18.3 Å². The van der Waals surface area contributed by atoms with Gasteiger partial charge >= 0.3 is 6.36 Å². The average Bonchev–Trinajstić information content (AvgIpc) is 3.48. The highest BCUT2D eigenvalue weighted by Gasteiger charge is 2.31. The number of nitrogens with zero attached hydrogens (tertiary/aromatic N) is 5. The lowest BCUT2D eigenvalue weighted by atomic mass is 9.94. The number of amidine groups is 1. The first kappa shape index (κ1) is 33.2. The molecule has 0 aliphatic carbocycles. The molecule has 11 heteroatoms. The minimum atomic E-state index is -4.74. The third kappa shape index (κ3) is 8.17. The Morgan fingerprint density at radius 2 is 1.74 bits per heavy atom. The molecule has 1 aliphatic heterocycles. The molecule has 3 aromatic carbocycles. The summed E-state index contributed by atoms with van der Waals surface area (Å²) in [6.45, 7) is 10.7. The Bertz CT molecular complexity index is 1680. The number of carbonyl (C=O) groups excluding carboxylic acids is 1. The number of hydrogen-bond donors (Lipinski definition) is 0. The highest BCUT2D eigenvalue weighted by Crippen LogP contribution is 2.35. The predicted octanol–water partition coefficient (Wildman–Crippen LogP) is 8.95. The summed E-state index contributed by atoms with van der Waals surface area (Å²) in [5.74, 6) is 1.31. The van der Waals surface area contributed by atoms with Gasteiger partial charge in [0.15, 0.2) is 11.0 Å². The molecule has 0 spiro atoms. The van der Waals surface area contributed by atoms with Gasteiger partial charge in [-0.3, -0.25) is 4.79 Å². The van der Waals surface area contributed by atoms with E-state index in [1.807, 2.05) is 24.3 Å². The molecule has 2 heterocycles. The van der Waals surface area contributed by atoms with Crippen molar-refractivity contribution in [1.29, 1.82) is 0 Å². The van der Waals surface area contributed by atoms with Gasteiger partial charge in [-0.1, -0.05) is 60.6 Å². The third-order valence-corrected chi connectivity index (χ3v) is 9.09. The maximum Gasteiger partial charge on any atom is 0.573 e. The van der Waals surface area contributed by atoms with Crippen LogP contribution in [0, 0.1) is 20.8 Å². The van der Waals surface area contributed by atoms with E-state index >= 15 is 0 Å². The fourth-order valence-electron chi connectivity index (χ4n) is 5.83. The summed E-state index contributed by atoms with van der Waals surface area (Å²) in [7, 11) is 0. The number of halogens is 3. The summed E-state index contributed by atoms with van der Waals surface area (Å²) < 4.78 is 42.7. The van der Waals surface area contributed by atoms with Crippen LogP contribution in [0.25, 0.3) is 17.1 Å². The van der Waals surface area contributed by atoms with E-state index in [4.69, 9.17) is 0 Å². The summed E-state index contributed by atoms with van der Waals surface area (Å²) in [6.07, 6.45) is -0.211. The molecule has 0 N–H and O–H groups in total. The Hall–Kier alpha value is -4.12. The van der Waals surface area contributed by atoms with Crippen molar-refractivity contribution < 1.29 is 22.7 Å². The average molecular weight is 650 g/mol. The second kappa shape index (κ2) is 14.1. The number of carbonyl (C=O) groups is 1. The standard InChI is InChI=1S/C35H38F3N5O2S/c1-22-19-24(3)32(25(4)20-22)43-26(5)17-18-46-34(43)40-31(44)8-6-7-23(2)27-9-11-28(12-10-27)33-39-21-42(41-33)29-13-15-30(16-14-29)45-35(36,37)38/h9-16,19-21,23,26H,6-8,17-18H2,1-5H3. The van der Waals surface area contributed by atoms with E-state index in [2.05, 4.69) is 71.5 Å². The van der Waals surface area contributed by atoms with Crippen molar-refractivity contribution in [3.05, 3.63) is 89.2 Å². The van der Waals surface area contributed by atoms with Gasteiger partial charge in [0.1, 0.15) is 12.1 Å². The van der Waals surface area contributed by atoms with E-state index in [1.165, 1.54) is 52.0 Å². The van der Waals surface area contributed by atoms with Gasteiger partial charge in [0.05, 0.1) is 5.69 Å². The number of rotatable bonds is 9. The zero-order valence-electron chi connectivity index (χ0n) is 26.6. The van der Waals surface area contributed by atoms with E-state index < -0.39 is 6.36 Å². The molecule has 1 amide bonds. The van der Waals surface area contributed by atoms with Crippen molar-refractivity contribution in [3.63, 3.8) is 0 Å². The van der Waals surface area contributed by atoms with Crippen LogP contribution in [-0.2, 0) is 4.79 Å². The van der Waals surface area contributed by atoms with Crippen LogP contribution < -0.4 is 9.64 Å². The molecule has 242 valence electrons. The van der Waals surface area contributed by atoms with E-state index in [1.54, 1.807) is 11.8 Å². The number of aryl methyl sites for hydroxylation is 3. The summed E-state index contributed by atoms with van der Waals surface area (Å²) in [5.41, 5.74) is 7.31. The summed E-state index contributed by atoms with van der Waals surface area (Å²) in [4.78, 5) is 24.2.